The monoisotopic (exact) mass is 534 g/mol. The first-order valence-corrected chi connectivity index (χ1v) is 13.5. The average Bonchev–Trinajstić information content (AvgIpc) is 3.59. The summed E-state index contributed by atoms with van der Waals surface area (Å²) in [5.74, 6) is 6.78. The van der Waals surface area contributed by atoms with E-state index < -0.39 is 5.91 Å². The van der Waals surface area contributed by atoms with Gasteiger partial charge in [0.05, 0.1) is 26.4 Å². The van der Waals surface area contributed by atoms with E-state index in [0.717, 1.165) is 62.6 Å². The zero-order valence-electron chi connectivity index (χ0n) is 22.9. The third-order valence-corrected chi connectivity index (χ3v) is 7.14. The Bertz CT molecular complexity index is 1230. The van der Waals surface area contributed by atoms with Crippen molar-refractivity contribution < 1.29 is 19.1 Å². The van der Waals surface area contributed by atoms with Crippen molar-refractivity contribution in [1.29, 1.82) is 0 Å². The van der Waals surface area contributed by atoms with Gasteiger partial charge in [0.25, 0.3) is 5.91 Å². The Labute approximate surface area is 230 Å². The molecule has 208 valence electrons. The van der Waals surface area contributed by atoms with Crippen LogP contribution in [0.4, 0.5) is 5.82 Å². The number of nitrogens with zero attached hydrogens (tertiary/aromatic N) is 4. The summed E-state index contributed by atoms with van der Waals surface area (Å²) in [5, 5.41) is 8.18. The Morgan fingerprint density at radius 1 is 1.26 bits per heavy atom. The van der Waals surface area contributed by atoms with Gasteiger partial charge in [-0.2, -0.15) is 5.10 Å². The number of carbonyl (C=O) groups is 2. The van der Waals surface area contributed by atoms with Crippen molar-refractivity contribution >= 4 is 17.6 Å². The van der Waals surface area contributed by atoms with Crippen LogP contribution >= 0.6 is 0 Å². The van der Waals surface area contributed by atoms with Gasteiger partial charge in [0, 0.05) is 38.3 Å². The Balaban J connectivity index is 1.63. The summed E-state index contributed by atoms with van der Waals surface area (Å²) in [7, 11) is 1.62. The first-order valence-electron chi connectivity index (χ1n) is 13.5. The van der Waals surface area contributed by atoms with Crippen molar-refractivity contribution in [2.45, 2.75) is 32.2 Å². The van der Waals surface area contributed by atoms with Crippen molar-refractivity contribution in [3.63, 3.8) is 0 Å². The number of benzene rings is 1. The van der Waals surface area contributed by atoms with Crippen LogP contribution in [0.15, 0.2) is 30.9 Å². The summed E-state index contributed by atoms with van der Waals surface area (Å²) in [6.45, 7) is 11.6. The fraction of sp³-hybridized carbons (Fsp3) is 0.483. The van der Waals surface area contributed by atoms with Crippen LogP contribution in [0.25, 0.3) is 0 Å². The van der Waals surface area contributed by atoms with E-state index in [9.17, 15) is 9.59 Å². The summed E-state index contributed by atoms with van der Waals surface area (Å²) in [4.78, 5) is 29.0. The molecule has 39 heavy (non-hydrogen) atoms. The van der Waals surface area contributed by atoms with Crippen LogP contribution < -0.4 is 15.8 Å². The second kappa shape index (κ2) is 13.3. The molecule has 3 N–H and O–H groups in total. The number of morpholine rings is 1. The smallest absolute Gasteiger partial charge is 0.255 e. The average molecular weight is 535 g/mol. The number of anilines is 1. The molecule has 2 aromatic rings. The van der Waals surface area contributed by atoms with Crippen LogP contribution in [0.3, 0.4) is 0 Å². The fourth-order valence-corrected chi connectivity index (χ4v) is 4.98. The van der Waals surface area contributed by atoms with Gasteiger partial charge < -0.3 is 25.4 Å². The quantitative estimate of drug-likeness (QED) is 0.272. The minimum atomic E-state index is -0.599. The second-order valence-electron chi connectivity index (χ2n) is 9.72. The summed E-state index contributed by atoms with van der Waals surface area (Å²) in [6, 6.07) is 5.71. The fourth-order valence-electron chi connectivity index (χ4n) is 4.98. The number of primary amides is 1. The van der Waals surface area contributed by atoms with Crippen LogP contribution in [0.2, 0.25) is 0 Å². The van der Waals surface area contributed by atoms with E-state index in [1.54, 1.807) is 16.7 Å². The molecule has 1 aromatic carbocycles. The first-order chi connectivity index (χ1) is 18.9. The van der Waals surface area contributed by atoms with Crippen LogP contribution in [0, 0.1) is 11.8 Å². The van der Waals surface area contributed by atoms with Crippen molar-refractivity contribution in [3.05, 3.63) is 53.2 Å². The molecule has 2 aliphatic rings. The molecule has 1 atom stereocenters. The van der Waals surface area contributed by atoms with Crippen molar-refractivity contribution in [3.8, 4) is 17.6 Å². The van der Waals surface area contributed by atoms with E-state index in [-0.39, 0.29) is 17.5 Å². The molecule has 0 spiro atoms. The van der Waals surface area contributed by atoms with E-state index >= 15 is 0 Å². The van der Waals surface area contributed by atoms with Gasteiger partial charge in [-0.1, -0.05) is 19.4 Å². The number of carbonyl (C=O) groups excluding carboxylic acids is 2. The maximum Gasteiger partial charge on any atom is 0.255 e. The maximum atomic E-state index is 12.7. The van der Waals surface area contributed by atoms with Gasteiger partial charge in [-0.3, -0.25) is 14.5 Å². The predicted molar refractivity (Wildman–Crippen MR) is 150 cm³/mol. The SMILES string of the molecule is C=CC(=O)N1CC[C@H](n2nc(C#Cc3cc(CC)cc(OC)c3)c(C(N)=O)c2NCCCN2CCOCC2)C1. The topological polar surface area (TPSA) is 115 Å². The number of hydrogen-bond donors (Lipinski definition) is 2. The Kier molecular flexibility index (Phi) is 9.63. The minimum Gasteiger partial charge on any atom is -0.497 e. The number of likely N-dealkylation sites (tertiary alicyclic amines) is 1. The molecule has 2 fully saturated rings. The van der Waals surface area contributed by atoms with E-state index in [1.807, 2.05) is 18.2 Å². The predicted octanol–water partition coefficient (Wildman–Crippen LogP) is 2.05. The molecule has 10 nitrogen and oxygen atoms in total. The number of nitrogens with two attached hydrogens (primary N) is 1. The van der Waals surface area contributed by atoms with Crippen molar-refractivity contribution in [2.24, 2.45) is 5.73 Å². The molecule has 0 saturated carbocycles. The highest BCUT2D eigenvalue weighted by molar-refractivity contribution is 6.00. The number of nitrogens with one attached hydrogen (secondary N) is 1. The van der Waals surface area contributed by atoms with Gasteiger partial charge in [-0.05, 0) is 61.6 Å². The number of hydrogen-bond acceptors (Lipinski definition) is 7. The second-order valence-corrected chi connectivity index (χ2v) is 9.72. The number of aromatic nitrogens is 2. The highest BCUT2D eigenvalue weighted by atomic mass is 16.5. The van der Waals surface area contributed by atoms with Crippen LogP contribution in [0.5, 0.6) is 5.75 Å². The van der Waals surface area contributed by atoms with E-state index in [1.165, 1.54) is 6.08 Å². The highest BCUT2D eigenvalue weighted by Gasteiger charge is 2.31. The molecule has 0 unspecified atom stereocenters. The number of amides is 2. The molecule has 4 rings (SSSR count). The van der Waals surface area contributed by atoms with Crippen LogP contribution in [-0.4, -0.2) is 91.0 Å². The largest absolute Gasteiger partial charge is 0.497 e. The third-order valence-electron chi connectivity index (χ3n) is 7.14. The Morgan fingerprint density at radius 2 is 2.05 bits per heavy atom. The van der Waals surface area contributed by atoms with E-state index in [4.69, 9.17) is 20.3 Å². The summed E-state index contributed by atoms with van der Waals surface area (Å²) in [6.07, 6.45) is 3.73. The molecule has 1 aromatic heterocycles. The van der Waals surface area contributed by atoms with Crippen molar-refractivity contribution in [1.82, 2.24) is 19.6 Å². The molecule has 2 amide bonds. The summed E-state index contributed by atoms with van der Waals surface area (Å²) >= 11 is 0. The molecule has 0 bridgehead atoms. The number of ether oxygens (including phenoxy) is 2. The van der Waals surface area contributed by atoms with Gasteiger partial charge in [0.1, 0.15) is 17.1 Å². The van der Waals surface area contributed by atoms with E-state index in [2.05, 4.69) is 35.6 Å². The van der Waals surface area contributed by atoms with Gasteiger partial charge in [-0.15, -0.1) is 0 Å². The molecule has 0 aliphatic carbocycles. The first kappa shape index (κ1) is 28.2. The van der Waals surface area contributed by atoms with Gasteiger partial charge in [0.15, 0.2) is 5.69 Å². The zero-order valence-corrected chi connectivity index (χ0v) is 22.9. The molecule has 0 radical (unpaired) electrons. The summed E-state index contributed by atoms with van der Waals surface area (Å²) in [5.41, 5.74) is 8.32. The lowest BCUT2D eigenvalue weighted by molar-refractivity contribution is -0.125. The normalized spacial score (nSPS) is 17.4. The molecule has 10 heteroatoms. The summed E-state index contributed by atoms with van der Waals surface area (Å²) < 4.78 is 12.6. The Hall–Kier alpha value is -3.81. The standard InChI is InChI=1S/C29H38N6O4/c1-4-21-17-22(19-24(18-21)38-3)7-8-25-27(28(30)37)29(31-10-6-11-33-13-15-39-16-14-33)35(32-25)23-9-12-34(20-23)26(36)5-2/h5,17-19,23,31H,2,4,6,9-16,20H2,1,3H3,(H2,30,37)/t23-/m0/s1. The lowest BCUT2D eigenvalue weighted by Gasteiger charge is -2.26. The molecular weight excluding hydrogens is 496 g/mol. The zero-order chi connectivity index (χ0) is 27.8. The molecule has 2 saturated heterocycles. The number of methoxy groups -OCH3 is 1. The number of aryl methyl sites for hydroxylation is 1. The third kappa shape index (κ3) is 6.99. The molecule has 2 aliphatic heterocycles. The minimum absolute atomic E-state index is 0.118. The molecule has 3 heterocycles. The van der Waals surface area contributed by atoms with Gasteiger partial charge >= 0.3 is 0 Å². The lowest BCUT2D eigenvalue weighted by Crippen LogP contribution is -2.37. The lowest BCUT2D eigenvalue weighted by atomic mass is 10.1. The number of rotatable bonds is 10. The van der Waals surface area contributed by atoms with Crippen molar-refractivity contribution in [2.75, 3.05) is 64.9 Å². The Morgan fingerprint density at radius 3 is 2.74 bits per heavy atom. The highest BCUT2D eigenvalue weighted by Crippen LogP contribution is 2.29. The maximum absolute atomic E-state index is 12.7. The van der Waals surface area contributed by atoms with Crippen LogP contribution in [0.1, 0.15) is 53.0 Å². The van der Waals surface area contributed by atoms with Crippen LogP contribution in [-0.2, 0) is 16.0 Å². The van der Waals surface area contributed by atoms with Gasteiger partial charge in [-0.25, -0.2) is 4.68 Å². The molecular formula is C29H38N6O4. The van der Waals surface area contributed by atoms with Gasteiger partial charge in [0.2, 0.25) is 5.91 Å². The van der Waals surface area contributed by atoms with E-state index in [0.29, 0.717) is 37.6 Å².